The van der Waals surface area contributed by atoms with E-state index in [0.717, 1.165) is 0 Å². The second-order valence-corrected chi connectivity index (χ2v) is 16.6. The fraction of sp³-hybridized carbons (Fsp3) is 1.00. The molecule has 4 fully saturated rings. The molecule has 4 saturated heterocycles. The lowest BCUT2D eigenvalue weighted by Gasteiger charge is -2.47. The minimum Gasteiger partial charge on any atom is -0.388 e. The van der Waals surface area contributed by atoms with E-state index in [9.17, 15) is 10.2 Å². The number of aliphatic hydroxyl groups excluding tert-OH is 2. The van der Waals surface area contributed by atoms with E-state index in [2.05, 4.69) is 0 Å². The van der Waals surface area contributed by atoms with Crippen molar-refractivity contribution in [1.29, 1.82) is 0 Å². The topological polar surface area (TPSA) is 216 Å². The molecule has 21 heteroatoms. The van der Waals surface area contributed by atoms with Gasteiger partial charge >= 0.3 is 0 Å². The highest BCUT2D eigenvalue weighted by atomic mass is 16.6. The van der Waals surface area contributed by atoms with E-state index in [4.69, 9.17) is 90.0 Å². The van der Waals surface area contributed by atoms with E-state index in [0.29, 0.717) is 13.2 Å². The van der Waals surface area contributed by atoms with E-state index in [1.54, 1.807) is 64.0 Å². The standard InChI is InChI=1S/C43H80O21/c1-46-16-27-24(13-58-22-31-36(45)43(57-12)42(56-11)33(64-31)20-50-5)37(51-6)35(44)30(61-27)21-59-14-25-29(18-48-3)63-34(41(55-10)39(25)53-8)23-60-15-26-28(17-47-2)62-32(19-49-4)40(54-9)38(26)52-7/h24-45H,13-23H2,1-12H3. The minimum absolute atomic E-state index is 0.0220. The summed E-state index contributed by atoms with van der Waals surface area (Å²) < 4.78 is 113. The van der Waals surface area contributed by atoms with Gasteiger partial charge in [0.25, 0.3) is 0 Å². The Morgan fingerprint density at radius 2 is 0.516 bits per heavy atom. The predicted octanol–water partition coefficient (Wildman–Crippen LogP) is -0.987. The predicted molar refractivity (Wildman–Crippen MR) is 225 cm³/mol. The lowest BCUT2D eigenvalue weighted by molar-refractivity contribution is -0.263. The van der Waals surface area contributed by atoms with Crippen molar-refractivity contribution in [2.24, 2.45) is 17.8 Å². The van der Waals surface area contributed by atoms with Gasteiger partial charge < -0.3 is 100 Å². The SMILES string of the molecule is COCC1OC(COCC2C(COC)OC(COCC3C(COC)OC(COC)C(OC)C3OC)C(OC)C2OC)C(O)C(OC)C1COCC1OC(COC)C(OC)C(OC)C1O. The molecule has 2 N–H and O–H groups in total. The zero-order chi connectivity index (χ0) is 46.8. The maximum atomic E-state index is 11.6. The molecule has 0 radical (unpaired) electrons. The molecule has 64 heavy (non-hydrogen) atoms. The Morgan fingerprint density at radius 1 is 0.266 bits per heavy atom. The van der Waals surface area contributed by atoms with E-state index in [1.165, 1.54) is 21.3 Å². The third-order valence-electron chi connectivity index (χ3n) is 12.9. The molecule has 20 atom stereocenters. The van der Waals surface area contributed by atoms with Crippen LogP contribution in [0.1, 0.15) is 0 Å². The summed E-state index contributed by atoms with van der Waals surface area (Å²) >= 11 is 0. The van der Waals surface area contributed by atoms with Crippen LogP contribution >= 0.6 is 0 Å². The Labute approximate surface area is 379 Å². The third-order valence-corrected chi connectivity index (χ3v) is 12.9. The van der Waals surface area contributed by atoms with Crippen molar-refractivity contribution in [2.45, 2.75) is 104 Å². The highest BCUT2D eigenvalue weighted by molar-refractivity contribution is 4.98. The van der Waals surface area contributed by atoms with Gasteiger partial charge in [0.2, 0.25) is 0 Å². The van der Waals surface area contributed by atoms with Crippen molar-refractivity contribution < 1.29 is 100 Å². The van der Waals surface area contributed by atoms with Gasteiger partial charge in [-0.05, 0) is 0 Å². The lowest BCUT2D eigenvalue weighted by Crippen LogP contribution is -2.61. The van der Waals surface area contributed by atoms with Gasteiger partial charge in [0, 0.05) is 103 Å². The van der Waals surface area contributed by atoms with Crippen LogP contribution in [0.4, 0.5) is 0 Å². The number of rotatable bonds is 29. The van der Waals surface area contributed by atoms with Crippen LogP contribution < -0.4 is 0 Å². The smallest absolute Gasteiger partial charge is 0.114 e. The van der Waals surface area contributed by atoms with Gasteiger partial charge in [0.15, 0.2) is 0 Å². The fourth-order valence-electron chi connectivity index (χ4n) is 9.84. The average molecular weight is 933 g/mol. The van der Waals surface area contributed by atoms with Crippen LogP contribution in [0.5, 0.6) is 0 Å². The first-order valence-electron chi connectivity index (χ1n) is 22.0. The Morgan fingerprint density at radius 3 is 0.859 bits per heavy atom. The lowest BCUT2D eigenvalue weighted by atomic mass is 9.86. The highest BCUT2D eigenvalue weighted by Gasteiger charge is 2.51. The number of hydrogen-bond donors (Lipinski definition) is 2. The van der Waals surface area contributed by atoms with Gasteiger partial charge in [-0.1, -0.05) is 0 Å². The molecule has 21 nitrogen and oxygen atoms in total. The van der Waals surface area contributed by atoms with E-state index < -0.39 is 85.3 Å². The van der Waals surface area contributed by atoms with Crippen LogP contribution in [-0.2, 0) is 90.0 Å². The molecule has 0 saturated carbocycles. The molecular weight excluding hydrogens is 852 g/mol. The zero-order valence-electron chi connectivity index (χ0n) is 40.0. The van der Waals surface area contributed by atoms with Crippen molar-refractivity contribution in [3.63, 3.8) is 0 Å². The third kappa shape index (κ3) is 13.9. The largest absolute Gasteiger partial charge is 0.388 e. The molecule has 0 bridgehead atoms. The maximum absolute atomic E-state index is 11.6. The molecule has 0 aromatic rings. The number of ether oxygens (including phenoxy) is 19. The summed E-state index contributed by atoms with van der Waals surface area (Å²) in [5.74, 6) is -1.01. The summed E-state index contributed by atoms with van der Waals surface area (Å²) in [6.07, 6.45) is -9.96. The molecule has 4 aliphatic heterocycles. The zero-order valence-corrected chi connectivity index (χ0v) is 40.0. The van der Waals surface area contributed by atoms with E-state index in [1.807, 2.05) is 0 Å². The maximum Gasteiger partial charge on any atom is 0.114 e. The van der Waals surface area contributed by atoms with Crippen molar-refractivity contribution in [3.05, 3.63) is 0 Å². The van der Waals surface area contributed by atoms with Crippen LogP contribution in [0.3, 0.4) is 0 Å². The minimum atomic E-state index is -1.08. The summed E-state index contributed by atoms with van der Waals surface area (Å²) in [5.41, 5.74) is 0. The summed E-state index contributed by atoms with van der Waals surface area (Å²) in [6, 6.07) is 0. The van der Waals surface area contributed by atoms with Crippen LogP contribution in [0.25, 0.3) is 0 Å². The number of aliphatic hydroxyl groups is 2. The molecule has 378 valence electrons. The molecule has 0 aromatic carbocycles. The van der Waals surface area contributed by atoms with Gasteiger partial charge in [-0.3, -0.25) is 0 Å². The number of methoxy groups -OCH3 is 12. The summed E-state index contributed by atoms with van der Waals surface area (Å²) in [6.45, 7) is 2.11. The molecule has 0 aromatic heterocycles. The van der Waals surface area contributed by atoms with Crippen LogP contribution in [0.15, 0.2) is 0 Å². The summed E-state index contributed by atoms with van der Waals surface area (Å²) in [4.78, 5) is 0. The first-order chi connectivity index (χ1) is 31.1. The molecule has 4 heterocycles. The summed E-state index contributed by atoms with van der Waals surface area (Å²) in [7, 11) is 19.0. The first kappa shape index (κ1) is 55.8. The van der Waals surface area contributed by atoms with Crippen molar-refractivity contribution in [1.82, 2.24) is 0 Å². The Kier molecular flexibility index (Phi) is 25.5. The Balaban J connectivity index is 1.37. The molecular formula is C43H80O21. The summed E-state index contributed by atoms with van der Waals surface area (Å²) in [5, 5.41) is 22.7. The van der Waals surface area contributed by atoms with E-state index in [-0.39, 0.29) is 95.7 Å². The van der Waals surface area contributed by atoms with Crippen LogP contribution in [0, 0.1) is 17.8 Å². The number of hydrogen-bond acceptors (Lipinski definition) is 21. The van der Waals surface area contributed by atoms with Crippen molar-refractivity contribution in [2.75, 3.05) is 158 Å². The van der Waals surface area contributed by atoms with Gasteiger partial charge in [-0.15, -0.1) is 0 Å². The van der Waals surface area contributed by atoms with Crippen LogP contribution in [-0.4, -0.2) is 272 Å². The molecule has 0 amide bonds. The van der Waals surface area contributed by atoms with Crippen LogP contribution in [0.2, 0.25) is 0 Å². The quantitative estimate of drug-likeness (QED) is 0.0922. The first-order valence-corrected chi connectivity index (χ1v) is 22.0. The van der Waals surface area contributed by atoms with Crippen molar-refractivity contribution in [3.8, 4) is 0 Å². The highest BCUT2D eigenvalue weighted by Crippen LogP contribution is 2.35. The fourth-order valence-corrected chi connectivity index (χ4v) is 9.84. The average Bonchev–Trinajstić information content (AvgIpc) is 3.29. The van der Waals surface area contributed by atoms with Gasteiger partial charge in [0.05, 0.1) is 109 Å². The monoisotopic (exact) mass is 933 g/mol. The van der Waals surface area contributed by atoms with Gasteiger partial charge in [-0.25, -0.2) is 0 Å². The normalized spacial score (nSPS) is 40.8. The molecule has 0 aliphatic carbocycles. The van der Waals surface area contributed by atoms with E-state index >= 15 is 0 Å². The second kappa shape index (κ2) is 29.2. The second-order valence-electron chi connectivity index (χ2n) is 16.6. The van der Waals surface area contributed by atoms with Gasteiger partial charge in [-0.2, -0.15) is 0 Å². The Bertz CT molecular complexity index is 1230. The molecule has 4 aliphatic rings. The van der Waals surface area contributed by atoms with Gasteiger partial charge in [0.1, 0.15) is 67.1 Å². The van der Waals surface area contributed by atoms with Crippen molar-refractivity contribution >= 4 is 0 Å². The molecule has 20 unspecified atom stereocenters. The molecule has 0 spiro atoms. The Hall–Kier alpha value is -0.840. The molecule has 4 rings (SSSR count).